The number of hydrogen-bond acceptors (Lipinski definition) is 4. The van der Waals surface area contributed by atoms with Gasteiger partial charge in [0.05, 0.1) is 6.61 Å². The van der Waals surface area contributed by atoms with Crippen molar-refractivity contribution in [2.75, 3.05) is 6.61 Å². The zero-order chi connectivity index (χ0) is 10.9. The number of aliphatic hydroxyl groups excluding tert-OH is 1. The van der Waals surface area contributed by atoms with Crippen LogP contribution in [0.15, 0.2) is 12.7 Å². The van der Waals surface area contributed by atoms with Gasteiger partial charge >= 0.3 is 11.9 Å². The lowest BCUT2D eigenvalue weighted by atomic mass is 10.4. The second kappa shape index (κ2) is 8.73. The number of esters is 1. The van der Waals surface area contributed by atoms with Crippen LogP contribution in [0.5, 0.6) is 0 Å². The van der Waals surface area contributed by atoms with E-state index in [4.69, 9.17) is 10.2 Å². The Morgan fingerprint density at radius 2 is 2.00 bits per heavy atom. The molecule has 0 aliphatic carbocycles. The van der Waals surface area contributed by atoms with E-state index in [9.17, 15) is 9.59 Å². The van der Waals surface area contributed by atoms with E-state index in [0.717, 1.165) is 6.08 Å². The van der Waals surface area contributed by atoms with Crippen LogP contribution in [0, 0.1) is 0 Å². The Balaban J connectivity index is 0. The summed E-state index contributed by atoms with van der Waals surface area (Å²) in [5, 5.41) is 15.8. The first-order valence-corrected chi connectivity index (χ1v) is 3.65. The summed E-state index contributed by atoms with van der Waals surface area (Å²) in [6, 6.07) is 0. The Kier molecular flexibility index (Phi) is 9.53. The van der Waals surface area contributed by atoms with Crippen LogP contribution >= 0.6 is 0 Å². The minimum Gasteiger partial charge on any atom is -0.479 e. The van der Waals surface area contributed by atoms with E-state index in [1.165, 1.54) is 6.92 Å². The lowest BCUT2D eigenvalue weighted by Gasteiger charge is -1.90. The second-order valence-corrected chi connectivity index (χ2v) is 1.97. The first-order chi connectivity index (χ1) is 5.95. The molecule has 0 aliphatic rings. The minimum atomic E-state index is -1.23. The number of aliphatic carboxylic acids is 1. The summed E-state index contributed by atoms with van der Waals surface area (Å²) in [5.74, 6) is -1.54. The monoisotopic (exact) mass is 190 g/mol. The van der Waals surface area contributed by atoms with Gasteiger partial charge in [0, 0.05) is 6.08 Å². The molecule has 13 heavy (non-hydrogen) atoms. The van der Waals surface area contributed by atoms with Gasteiger partial charge in [-0.05, 0) is 13.8 Å². The Labute approximate surface area is 76.6 Å². The highest BCUT2D eigenvalue weighted by atomic mass is 16.5. The zero-order valence-corrected chi connectivity index (χ0v) is 7.69. The van der Waals surface area contributed by atoms with Crippen molar-refractivity contribution in [3.05, 3.63) is 12.7 Å². The standard InChI is InChI=1S/C5H8O2.C3H6O3/c1-3-5(6)7-4-2;1-2(4)3(5)6/h3H,1,4H2,2H3;2,4H,1H3,(H,5,6). The highest BCUT2D eigenvalue weighted by molar-refractivity contribution is 5.81. The fourth-order valence-electron chi connectivity index (χ4n) is 0.201. The van der Waals surface area contributed by atoms with E-state index in [-0.39, 0.29) is 5.97 Å². The maximum atomic E-state index is 10.1. The van der Waals surface area contributed by atoms with Crippen molar-refractivity contribution in [3.63, 3.8) is 0 Å². The number of carboxylic acid groups (broad SMARTS) is 1. The molecule has 5 nitrogen and oxygen atoms in total. The second-order valence-electron chi connectivity index (χ2n) is 1.97. The highest BCUT2D eigenvalue weighted by Crippen LogP contribution is 1.74. The number of carbonyl (C=O) groups is 2. The van der Waals surface area contributed by atoms with E-state index in [0.29, 0.717) is 6.61 Å². The predicted molar refractivity (Wildman–Crippen MR) is 46.1 cm³/mol. The third-order valence-corrected chi connectivity index (χ3v) is 0.811. The number of carbonyl (C=O) groups excluding carboxylic acids is 1. The molecule has 0 rings (SSSR count). The zero-order valence-electron chi connectivity index (χ0n) is 7.69. The summed E-state index contributed by atoms with van der Waals surface area (Å²) in [4.78, 5) is 19.5. The van der Waals surface area contributed by atoms with Crippen LogP contribution in [-0.4, -0.2) is 34.9 Å². The molecule has 0 radical (unpaired) electrons. The Bertz CT molecular complexity index is 173. The van der Waals surface area contributed by atoms with Crippen molar-refractivity contribution in [2.45, 2.75) is 20.0 Å². The lowest BCUT2D eigenvalue weighted by Crippen LogP contribution is -2.13. The molecule has 76 valence electrons. The van der Waals surface area contributed by atoms with E-state index >= 15 is 0 Å². The summed E-state index contributed by atoms with van der Waals surface area (Å²) >= 11 is 0. The van der Waals surface area contributed by atoms with Gasteiger partial charge in [0.2, 0.25) is 0 Å². The van der Waals surface area contributed by atoms with Gasteiger partial charge in [0.25, 0.3) is 0 Å². The van der Waals surface area contributed by atoms with E-state index in [1.54, 1.807) is 6.92 Å². The SMILES string of the molecule is C=CC(=O)OCC.CC(O)C(=O)O. The van der Waals surface area contributed by atoms with Gasteiger partial charge < -0.3 is 14.9 Å². The van der Waals surface area contributed by atoms with Gasteiger partial charge in [-0.25, -0.2) is 9.59 Å². The van der Waals surface area contributed by atoms with Gasteiger partial charge in [-0.15, -0.1) is 0 Å². The maximum Gasteiger partial charge on any atom is 0.332 e. The number of carboxylic acids is 1. The first kappa shape index (κ1) is 14.2. The van der Waals surface area contributed by atoms with Crippen LogP contribution in [0.2, 0.25) is 0 Å². The minimum absolute atomic E-state index is 0.359. The summed E-state index contributed by atoms with van der Waals surface area (Å²) in [6.45, 7) is 6.57. The largest absolute Gasteiger partial charge is 0.479 e. The van der Waals surface area contributed by atoms with Crippen molar-refractivity contribution in [1.82, 2.24) is 0 Å². The number of hydrogen-bond donors (Lipinski definition) is 2. The van der Waals surface area contributed by atoms with Crippen molar-refractivity contribution in [1.29, 1.82) is 0 Å². The first-order valence-electron chi connectivity index (χ1n) is 3.65. The molecule has 0 aromatic rings. The summed E-state index contributed by atoms with van der Waals surface area (Å²) in [7, 11) is 0. The van der Waals surface area contributed by atoms with Crippen LogP contribution in [0.1, 0.15) is 13.8 Å². The molecule has 0 aliphatic heterocycles. The van der Waals surface area contributed by atoms with Crippen LogP contribution in [-0.2, 0) is 14.3 Å². The number of rotatable bonds is 3. The van der Waals surface area contributed by atoms with Gasteiger partial charge in [-0.3, -0.25) is 0 Å². The molecule has 1 atom stereocenters. The van der Waals surface area contributed by atoms with Gasteiger partial charge in [-0.1, -0.05) is 6.58 Å². The molecule has 0 amide bonds. The molecule has 0 spiro atoms. The third kappa shape index (κ3) is 13.6. The van der Waals surface area contributed by atoms with Crippen molar-refractivity contribution >= 4 is 11.9 Å². The molecule has 2 N–H and O–H groups in total. The fraction of sp³-hybridized carbons (Fsp3) is 0.500. The van der Waals surface area contributed by atoms with E-state index in [2.05, 4.69) is 11.3 Å². The van der Waals surface area contributed by atoms with Crippen molar-refractivity contribution in [3.8, 4) is 0 Å². The number of ether oxygens (including phenoxy) is 1. The smallest absolute Gasteiger partial charge is 0.332 e. The van der Waals surface area contributed by atoms with Crippen LogP contribution < -0.4 is 0 Å². The van der Waals surface area contributed by atoms with E-state index < -0.39 is 12.1 Å². The maximum absolute atomic E-state index is 10.1. The third-order valence-electron chi connectivity index (χ3n) is 0.811. The van der Waals surface area contributed by atoms with Gasteiger partial charge in [-0.2, -0.15) is 0 Å². The molecule has 0 saturated heterocycles. The molecular formula is C8H14O5. The molecule has 0 bridgehead atoms. The Morgan fingerprint density at radius 1 is 1.62 bits per heavy atom. The summed E-state index contributed by atoms with van der Waals surface area (Å²) in [5.41, 5.74) is 0. The number of aliphatic hydroxyl groups is 1. The molecule has 1 unspecified atom stereocenters. The molecule has 0 saturated carbocycles. The predicted octanol–water partition coefficient (Wildman–Crippen LogP) is 0.187. The normalized spacial score (nSPS) is 10.4. The topological polar surface area (TPSA) is 83.8 Å². The average Bonchev–Trinajstić information content (AvgIpc) is 2.05. The molecule has 0 aromatic heterocycles. The molecule has 0 aromatic carbocycles. The van der Waals surface area contributed by atoms with Crippen LogP contribution in [0.3, 0.4) is 0 Å². The Hall–Kier alpha value is -1.36. The van der Waals surface area contributed by atoms with E-state index in [1.807, 2.05) is 0 Å². The molecule has 5 heteroatoms. The fourth-order valence-corrected chi connectivity index (χ4v) is 0.201. The lowest BCUT2D eigenvalue weighted by molar-refractivity contribution is -0.145. The quantitative estimate of drug-likeness (QED) is 0.490. The Morgan fingerprint density at radius 3 is 2.08 bits per heavy atom. The van der Waals surface area contributed by atoms with Crippen molar-refractivity contribution in [2.24, 2.45) is 0 Å². The van der Waals surface area contributed by atoms with Gasteiger partial charge in [0.1, 0.15) is 6.10 Å². The molecule has 0 fully saturated rings. The van der Waals surface area contributed by atoms with Crippen molar-refractivity contribution < 1.29 is 24.5 Å². The molecular weight excluding hydrogens is 176 g/mol. The van der Waals surface area contributed by atoms with Gasteiger partial charge in [0.15, 0.2) is 0 Å². The summed E-state index contributed by atoms with van der Waals surface area (Å²) in [6.07, 6.45) is -0.0891. The van der Waals surface area contributed by atoms with Crippen LogP contribution in [0.4, 0.5) is 0 Å². The summed E-state index contributed by atoms with van der Waals surface area (Å²) < 4.78 is 4.43. The highest BCUT2D eigenvalue weighted by Gasteiger charge is 2.01. The van der Waals surface area contributed by atoms with Crippen LogP contribution in [0.25, 0.3) is 0 Å². The molecule has 0 heterocycles. The average molecular weight is 190 g/mol.